The summed E-state index contributed by atoms with van der Waals surface area (Å²) in [6, 6.07) is 33.2. The molecule has 30 heavy (non-hydrogen) atoms. The van der Waals surface area contributed by atoms with E-state index in [-0.39, 0.29) is 7.43 Å². The molecule has 0 aliphatic heterocycles. The molecule has 0 spiro atoms. The normalized spacial score (nSPS) is 10.2. The zero-order valence-electron chi connectivity index (χ0n) is 16.8. The molecule has 0 saturated carbocycles. The molecule has 0 aromatic heterocycles. The molecule has 4 aromatic carbocycles. The molecule has 0 bridgehead atoms. The number of hydrogen-bond acceptors (Lipinski definition) is 2. The maximum absolute atomic E-state index is 6.01. The molecule has 0 radical (unpaired) electrons. The molecule has 0 aliphatic rings. The zero-order valence-corrected chi connectivity index (χ0v) is 16.8. The second kappa shape index (κ2) is 9.80. The molecule has 0 unspecified atom stereocenters. The minimum absolute atomic E-state index is 0. The van der Waals surface area contributed by atoms with Gasteiger partial charge < -0.3 is 9.47 Å². The molecular formula is C28H28O2. The van der Waals surface area contributed by atoms with Crippen LogP contribution < -0.4 is 9.47 Å². The zero-order chi connectivity index (χ0) is 20.1. The van der Waals surface area contributed by atoms with Crippen LogP contribution in [0.25, 0.3) is 11.1 Å². The second-order valence-corrected chi connectivity index (χ2v) is 7.16. The maximum atomic E-state index is 6.01. The van der Waals surface area contributed by atoms with Crippen LogP contribution in [0.15, 0.2) is 97.1 Å². The second-order valence-electron chi connectivity index (χ2n) is 7.16. The summed E-state index contributed by atoms with van der Waals surface area (Å²) in [5.41, 5.74) is 6.17. The van der Waals surface area contributed by atoms with Crippen LogP contribution in [0.4, 0.5) is 0 Å². The van der Waals surface area contributed by atoms with Gasteiger partial charge in [-0.15, -0.1) is 0 Å². The third-order valence-corrected chi connectivity index (χ3v) is 4.97. The molecule has 0 atom stereocenters. The van der Waals surface area contributed by atoms with Crippen molar-refractivity contribution in [3.63, 3.8) is 0 Å². The molecule has 0 N–H and O–H groups in total. The van der Waals surface area contributed by atoms with Crippen molar-refractivity contribution < 1.29 is 9.47 Å². The number of methoxy groups -OCH3 is 1. The van der Waals surface area contributed by atoms with Crippen LogP contribution in [-0.2, 0) is 6.42 Å². The molecule has 4 aromatic rings. The molecule has 152 valence electrons. The summed E-state index contributed by atoms with van der Waals surface area (Å²) in [5, 5.41) is 0. The number of hydrogen-bond donors (Lipinski definition) is 0. The standard InChI is InChI=1S/C27H24O2.CH4/c1-20-3-9-23(10-4-20)24-11-17-27(18-12-24)29-26-15-7-22(8-16-26)19-21-5-13-25(28-2)14-6-21;/h3-18H,19H2,1-2H3;1H4. The molecule has 2 heteroatoms. The van der Waals surface area contributed by atoms with Gasteiger partial charge in [-0.2, -0.15) is 0 Å². The van der Waals surface area contributed by atoms with E-state index in [9.17, 15) is 0 Å². The maximum Gasteiger partial charge on any atom is 0.127 e. The predicted octanol–water partition coefficient (Wildman–Crippen LogP) is 7.69. The highest BCUT2D eigenvalue weighted by atomic mass is 16.5. The molecule has 0 saturated heterocycles. The molecule has 2 nitrogen and oxygen atoms in total. The fourth-order valence-electron chi connectivity index (χ4n) is 3.25. The highest BCUT2D eigenvalue weighted by Gasteiger charge is 2.02. The first-order chi connectivity index (χ1) is 14.2. The van der Waals surface area contributed by atoms with Crippen molar-refractivity contribution in [2.75, 3.05) is 7.11 Å². The van der Waals surface area contributed by atoms with Gasteiger partial charge in [0.1, 0.15) is 17.2 Å². The first-order valence-electron chi connectivity index (χ1n) is 9.76. The van der Waals surface area contributed by atoms with Crippen molar-refractivity contribution in [3.8, 4) is 28.4 Å². The summed E-state index contributed by atoms with van der Waals surface area (Å²) in [4.78, 5) is 0. The van der Waals surface area contributed by atoms with Gasteiger partial charge in [0.2, 0.25) is 0 Å². The molecule has 0 heterocycles. The van der Waals surface area contributed by atoms with Gasteiger partial charge in [-0.05, 0) is 72.0 Å². The molecule has 0 amide bonds. The summed E-state index contributed by atoms with van der Waals surface area (Å²) in [6.45, 7) is 2.10. The van der Waals surface area contributed by atoms with Crippen LogP contribution in [0.1, 0.15) is 24.1 Å². The van der Waals surface area contributed by atoms with E-state index in [2.05, 4.69) is 67.6 Å². The number of benzene rings is 4. The Morgan fingerprint density at radius 3 is 1.40 bits per heavy atom. The van der Waals surface area contributed by atoms with Gasteiger partial charge in [0, 0.05) is 0 Å². The Balaban J connectivity index is 0.00000256. The monoisotopic (exact) mass is 396 g/mol. The lowest BCUT2D eigenvalue weighted by Crippen LogP contribution is -1.90. The van der Waals surface area contributed by atoms with Crippen molar-refractivity contribution in [1.82, 2.24) is 0 Å². The van der Waals surface area contributed by atoms with Crippen molar-refractivity contribution >= 4 is 0 Å². The first kappa shape index (κ1) is 21.2. The van der Waals surface area contributed by atoms with Crippen molar-refractivity contribution in [1.29, 1.82) is 0 Å². The summed E-state index contributed by atoms with van der Waals surface area (Å²) >= 11 is 0. The van der Waals surface area contributed by atoms with Crippen molar-refractivity contribution in [2.45, 2.75) is 20.8 Å². The van der Waals surface area contributed by atoms with Gasteiger partial charge in [-0.1, -0.05) is 73.7 Å². The van der Waals surface area contributed by atoms with Gasteiger partial charge >= 0.3 is 0 Å². The van der Waals surface area contributed by atoms with E-state index in [0.717, 1.165) is 23.7 Å². The van der Waals surface area contributed by atoms with E-state index in [0.29, 0.717) is 0 Å². The largest absolute Gasteiger partial charge is 0.497 e. The highest BCUT2D eigenvalue weighted by molar-refractivity contribution is 5.64. The Morgan fingerprint density at radius 1 is 0.533 bits per heavy atom. The Hall–Kier alpha value is -3.52. The average Bonchev–Trinajstić information content (AvgIpc) is 2.77. The fourth-order valence-corrected chi connectivity index (χ4v) is 3.25. The average molecular weight is 397 g/mol. The number of aryl methyl sites for hydroxylation is 1. The van der Waals surface area contributed by atoms with Crippen LogP contribution in [0, 0.1) is 6.92 Å². The summed E-state index contributed by atoms with van der Waals surface area (Å²) < 4.78 is 11.2. The van der Waals surface area contributed by atoms with Gasteiger partial charge in [0.15, 0.2) is 0 Å². The molecule has 4 rings (SSSR count). The number of rotatable bonds is 6. The summed E-state index contributed by atoms with van der Waals surface area (Å²) in [6.07, 6.45) is 0.884. The van der Waals surface area contributed by atoms with Crippen LogP contribution in [0.3, 0.4) is 0 Å². The van der Waals surface area contributed by atoms with E-state index in [1.807, 2.05) is 36.4 Å². The van der Waals surface area contributed by atoms with E-state index in [4.69, 9.17) is 9.47 Å². The summed E-state index contributed by atoms with van der Waals surface area (Å²) in [7, 11) is 1.68. The lowest BCUT2D eigenvalue weighted by atomic mass is 10.0. The van der Waals surface area contributed by atoms with Gasteiger partial charge in [-0.3, -0.25) is 0 Å². The quantitative estimate of drug-likeness (QED) is 0.332. The van der Waals surface area contributed by atoms with E-state index < -0.39 is 0 Å². The predicted molar refractivity (Wildman–Crippen MR) is 126 cm³/mol. The minimum atomic E-state index is 0. The van der Waals surface area contributed by atoms with E-state index in [1.165, 1.54) is 27.8 Å². The van der Waals surface area contributed by atoms with Gasteiger partial charge in [0.05, 0.1) is 7.11 Å². The van der Waals surface area contributed by atoms with Crippen LogP contribution in [0.5, 0.6) is 17.2 Å². The third kappa shape index (κ3) is 5.30. The number of ether oxygens (including phenoxy) is 2. The first-order valence-corrected chi connectivity index (χ1v) is 9.76. The van der Waals surface area contributed by atoms with Crippen LogP contribution >= 0.6 is 0 Å². The smallest absolute Gasteiger partial charge is 0.127 e. The minimum Gasteiger partial charge on any atom is -0.497 e. The third-order valence-electron chi connectivity index (χ3n) is 4.97. The Labute approximate surface area is 179 Å². The van der Waals surface area contributed by atoms with Gasteiger partial charge in [-0.25, -0.2) is 0 Å². The lowest BCUT2D eigenvalue weighted by molar-refractivity contribution is 0.414. The SMILES string of the molecule is C.COc1ccc(Cc2ccc(Oc3ccc(-c4ccc(C)cc4)cc3)cc2)cc1. The highest BCUT2D eigenvalue weighted by Crippen LogP contribution is 2.26. The van der Waals surface area contributed by atoms with Gasteiger partial charge in [0.25, 0.3) is 0 Å². The Kier molecular flexibility index (Phi) is 6.92. The molecular weight excluding hydrogens is 368 g/mol. The fraction of sp³-hybridized carbons (Fsp3) is 0.143. The summed E-state index contributed by atoms with van der Waals surface area (Å²) in [5.74, 6) is 2.56. The topological polar surface area (TPSA) is 18.5 Å². The Morgan fingerprint density at radius 2 is 0.933 bits per heavy atom. The van der Waals surface area contributed by atoms with Crippen LogP contribution in [0.2, 0.25) is 0 Å². The van der Waals surface area contributed by atoms with Crippen molar-refractivity contribution in [2.24, 2.45) is 0 Å². The lowest BCUT2D eigenvalue weighted by Gasteiger charge is -2.09. The van der Waals surface area contributed by atoms with E-state index in [1.54, 1.807) is 7.11 Å². The molecule has 0 fully saturated rings. The van der Waals surface area contributed by atoms with Crippen molar-refractivity contribution in [3.05, 3.63) is 114 Å². The van der Waals surface area contributed by atoms with Crippen LogP contribution in [-0.4, -0.2) is 7.11 Å². The Bertz CT molecular complexity index is 1050. The molecule has 0 aliphatic carbocycles. The van der Waals surface area contributed by atoms with E-state index >= 15 is 0 Å².